The van der Waals surface area contributed by atoms with Crippen LogP contribution < -0.4 is 5.73 Å². The molecule has 2 nitrogen and oxygen atoms in total. The van der Waals surface area contributed by atoms with Crippen molar-refractivity contribution in [2.75, 3.05) is 6.54 Å². The molecular formula is C45H76N2. The zero-order valence-corrected chi connectivity index (χ0v) is 32.2. The van der Waals surface area contributed by atoms with Crippen molar-refractivity contribution in [3.8, 4) is 0 Å². The maximum Gasteiger partial charge on any atom is 0.0258 e. The van der Waals surface area contributed by atoms with Gasteiger partial charge in [-0.3, -0.25) is 0 Å². The number of nitrogens with zero attached hydrogens (tertiary/aromatic N) is 1. The van der Waals surface area contributed by atoms with Gasteiger partial charge in [-0.1, -0.05) is 126 Å². The largest absolute Gasteiger partial charge is 0.373 e. The van der Waals surface area contributed by atoms with E-state index in [4.69, 9.17) is 5.73 Å². The molecule has 0 aromatic rings. The Morgan fingerprint density at radius 1 is 0.915 bits per heavy atom. The summed E-state index contributed by atoms with van der Waals surface area (Å²) in [7, 11) is 0. The first-order valence-electron chi connectivity index (χ1n) is 19.6. The van der Waals surface area contributed by atoms with Gasteiger partial charge < -0.3 is 10.6 Å². The van der Waals surface area contributed by atoms with Crippen LogP contribution in [0.25, 0.3) is 0 Å². The molecule has 0 spiro atoms. The van der Waals surface area contributed by atoms with Crippen LogP contribution in [-0.4, -0.2) is 23.0 Å². The molecule has 47 heavy (non-hydrogen) atoms. The molecule has 0 bridgehead atoms. The molecule has 0 radical (unpaired) electrons. The van der Waals surface area contributed by atoms with E-state index in [0.29, 0.717) is 29.7 Å². The van der Waals surface area contributed by atoms with Crippen LogP contribution in [0.5, 0.6) is 0 Å². The number of hydrogen-bond donors (Lipinski definition) is 1. The highest BCUT2D eigenvalue weighted by molar-refractivity contribution is 5.16. The van der Waals surface area contributed by atoms with E-state index in [9.17, 15) is 0 Å². The molecule has 0 aromatic carbocycles. The number of nitrogens with two attached hydrogens (primary N) is 1. The fourth-order valence-corrected chi connectivity index (χ4v) is 7.73. The van der Waals surface area contributed by atoms with Gasteiger partial charge in [-0.2, -0.15) is 0 Å². The van der Waals surface area contributed by atoms with Gasteiger partial charge in [0.2, 0.25) is 0 Å². The maximum absolute atomic E-state index is 7.01. The molecule has 6 unspecified atom stereocenters. The van der Waals surface area contributed by atoms with Crippen LogP contribution in [0.15, 0.2) is 84.7 Å². The molecular weight excluding hydrogens is 569 g/mol. The minimum Gasteiger partial charge on any atom is -0.373 e. The van der Waals surface area contributed by atoms with E-state index in [-0.39, 0.29) is 5.54 Å². The van der Waals surface area contributed by atoms with Crippen molar-refractivity contribution in [1.82, 2.24) is 4.90 Å². The summed E-state index contributed by atoms with van der Waals surface area (Å²) in [6, 6.07) is 0.644. The lowest BCUT2D eigenvalue weighted by molar-refractivity contribution is 0.135. The Kier molecular flexibility index (Phi) is 19.1. The molecule has 1 saturated carbocycles. The molecule has 7 atom stereocenters. The van der Waals surface area contributed by atoms with Gasteiger partial charge in [0.25, 0.3) is 0 Å². The fraction of sp³-hybridized carbons (Fsp3) is 0.689. The Labute approximate surface area is 293 Å². The summed E-state index contributed by atoms with van der Waals surface area (Å²) >= 11 is 0. The monoisotopic (exact) mass is 645 g/mol. The van der Waals surface area contributed by atoms with E-state index < -0.39 is 0 Å². The summed E-state index contributed by atoms with van der Waals surface area (Å²) in [5.74, 6) is 2.94. The predicted molar refractivity (Wildman–Crippen MR) is 211 cm³/mol. The molecule has 1 aliphatic carbocycles. The van der Waals surface area contributed by atoms with Gasteiger partial charge in [0.15, 0.2) is 0 Å². The second-order valence-corrected chi connectivity index (χ2v) is 16.0. The molecule has 1 aliphatic heterocycles. The number of piperidine rings is 1. The summed E-state index contributed by atoms with van der Waals surface area (Å²) < 4.78 is 0. The minimum atomic E-state index is -0.0339. The first kappa shape index (κ1) is 41.1. The van der Waals surface area contributed by atoms with Crippen molar-refractivity contribution in [2.24, 2.45) is 35.3 Å². The van der Waals surface area contributed by atoms with Crippen LogP contribution in [0.3, 0.4) is 0 Å². The lowest BCUT2D eigenvalue weighted by Gasteiger charge is -2.44. The van der Waals surface area contributed by atoms with Crippen molar-refractivity contribution in [1.29, 1.82) is 0 Å². The molecule has 2 fully saturated rings. The second kappa shape index (κ2) is 21.8. The first-order chi connectivity index (χ1) is 22.4. The topological polar surface area (TPSA) is 29.3 Å². The molecule has 1 saturated heterocycles. The number of rotatable bonds is 21. The number of allylic oxidation sites excluding steroid dienone is 11. The molecule has 2 rings (SSSR count). The lowest BCUT2D eigenvalue weighted by Crippen LogP contribution is -2.47. The van der Waals surface area contributed by atoms with Gasteiger partial charge in [0, 0.05) is 23.8 Å². The molecule has 0 aromatic heterocycles. The fourth-order valence-electron chi connectivity index (χ4n) is 7.73. The SMILES string of the molecule is C=C(CC(C)/C(C)=C/[C@@H](C)C(=C)CCCCC)C(C)CC/C=C/C=C/C=C/CCC1(N)CCC(C)C(CC(=C)N2CCCCC2C)C1. The van der Waals surface area contributed by atoms with Crippen LogP contribution in [0, 0.1) is 29.6 Å². The molecule has 266 valence electrons. The Morgan fingerprint density at radius 3 is 2.30 bits per heavy atom. The number of unbranched alkanes of at least 4 members (excludes halogenated alkanes) is 2. The normalized spacial score (nSPS) is 26.3. The maximum atomic E-state index is 7.01. The van der Waals surface area contributed by atoms with Crippen LogP contribution in [0.1, 0.15) is 151 Å². The van der Waals surface area contributed by atoms with Crippen molar-refractivity contribution < 1.29 is 0 Å². The standard InChI is InChI=1S/C45H76N2/c1-11-12-19-24-35(2)38(5)31-40(7)41(8)32-39(6)36(3)25-20-17-15-13-14-16-18-22-28-45(46)29-27-37(4)44(34-45)33-43(10)47-30-23-21-26-42(47)9/h13-18,31,36-38,41-42,44H,2,6,10-12,19-30,32-34,46H2,1,3-5,7-9H3/b14-13+,17-15+,18-16+,40-31+/t36?,37?,38-,41?,42?,44?,45?/m1/s1. The predicted octanol–water partition coefficient (Wildman–Crippen LogP) is 13.1. The second-order valence-electron chi connectivity index (χ2n) is 16.0. The number of hydrogen-bond acceptors (Lipinski definition) is 2. The quantitative estimate of drug-likeness (QED) is 0.0765. The first-order valence-corrected chi connectivity index (χ1v) is 19.6. The third-order valence-electron chi connectivity index (χ3n) is 11.8. The molecule has 2 aliphatic rings. The lowest BCUT2D eigenvalue weighted by atomic mass is 9.68. The minimum absolute atomic E-state index is 0.0339. The zero-order valence-electron chi connectivity index (χ0n) is 32.2. The van der Waals surface area contributed by atoms with Gasteiger partial charge >= 0.3 is 0 Å². The van der Waals surface area contributed by atoms with Gasteiger partial charge in [-0.15, -0.1) is 0 Å². The van der Waals surface area contributed by atoms with Crippen LogP contribution in [0.2, 0.25) is 0 Å². The highest BCUT2D eigenvalue weighted by atomic mass is 15.2. The Bertz CT molecular complexity index is 1070. The Morgan fingerprint density at radius 2 is 1.62 bits per heavy atom. The highest BCUT2D eigenvalue weighted by Crippen LogP contribution is 2.41. The van der Waals surface area contributed by atoms with Gasteiger partial charge in [0.1, 0.15) is 0 Å². The van der Waals surface area contributed by atoms with E-state index >= 15 is 0 Å². The van der Waals surface area contributed by atoms with Crippen LogP contribution >= 0.6 is 0 Å². The van der Waals surface area contributed by atoms with E-state index in [1.54, 1.807) is 0 Å². The third-order valence-corrected chi connectivity index (χ3v) is 11.8. The number of likely N-dealkylation sites (tertiary alicyclic amines) is 1. The van der Waals surface area contributed by atoms with Crippen LogP contribution in [-0.2, 0) is 0 Å². The molecule has 2 heteroatoms. The summed E-state index contributed by atoms with van der Waals surface area (Å²) in [6.45, 7) is 30.9. The van der Waals surface area contributed by atoms with Crippen molar-refractivity contribution in [3.05, 3.63) is 84.7 Å². The van der Waals surface area contributed by atoms with Gasteiger partial charge in [-0.25, -0.2) is 0 Å². The smallest absolute Gasteiger partial charge is 0.0258 e. The van der Waals surface area contributed by atoms with E-state index in [2.05, 4.69) is 116 Å². The van der Waals surface area contributed by atoms with Crippen LogP contribution in [0.4, 0.5) is 0 Å². The van der Waals surface area contributed by atoms with Crippen molar-refractivity contribution in [2.45, 2.75) is 163 Å². The molecule has 0 amide bonds. The molecule has 1 heterocycles. The van der Waals surface area contributed by atoms with E-state index in [0.717, 1.165) is 63.7 Å². The molecule has 2 N–H and O–H groups in total. The average Bonchev–Trinajstić information content (AvgIpc) is 3.03. The summed E-state index contributed by atoms with van der Waals surface area (Å²) in [5, 5.41) is 0. The Hall–Kier alpha value is -2.06. The summed E-state index contributed by atoms with van der Waals surface area (Å²) in [4.78, 5) is 2.58. The Balaban J connectivity index is 1.67. The van der Waals surface area contributed by atoms with Crippen molar-refractivity contribution in [3.63, 3.8) is 0 Å². The summed E-state index contributed by atoms with van der Waals surface area (Å²) in [6.07, 6.45) is 34.8. The van der Waals surface area contributed by atoms with E-state index in [1.165, 1.54) is 73.9 Å². The highest BCUT2D eigenvalue weighted by Gasteiger charge is 2.36. The zero-order chi connectivity index (χ0) is 34.8. The van der Waals surface area contributed by atoms with Gasteiger partial charge in [-0.05, 0) is 133 Å². The third kappa shape index (κ3) is 15.4. The van der Waals surface area contributed by atoms with Gasteiger partial charge in [0.05, 0.1) is 0 Å². The summed E-state index contributed by atoms with van der Waals surface area (Å²) in [5.41, 5.74) is 12.6. The average molecular weight is 645 g/mol. The van der Waals surface area contributed by atoms with E-state index in [1.807, 2.05) is 0 Å². The van der Waals surface area contributed by atoms with Crippen molar-refractivity contribution >= 4 is 0 Å².